The SMILES string of the molecule is CCC(C)n1c(=O)[nH]c(=O)c2c1nc(NN)n2CC. The Morgan fingerprint density at radius 3 is 2.63 bits per heavy atom. The molecular formula is C11H18N6O2. The van der Waals surface area contributed by atoms with Crippen molar-refractivity contribution in [3.05, 3.63) is 20.8 Å². The summed E-state index contributed by atoms with van der Waals surface area (Å²) in [5, 5.41) is 0. The number of anilines is 1. The molecule has 2 rings (SSSR count). The molecule has 2 aromatic heterocycles. The lowest BCUT2D eigenvalue weighted by atomic mass is 10.2. The number of hydrogen-bond donors (Lipinski definition) is 3. The summed E-state index contributed by atoms with van der Waals surface area (Å²) in [4.78, 5) is 30.5. The fourth-order valence-corrected chi connectivity index (χ4v) is 2.15. The van der Waals surface area contributed by atoms with Gasteiger partial charge in [-0.25, -0.2) is 10.6 Å². The summed E-state index contributed by atoms with van der Waals surface area (Å²) in [5.74, 6) is 5.77. The molecule has 0 aliphatic carbocycles. The van der Waals surface area contributed by atoms with E-state index in [2.05, 4.69) is 15.4 Å². The van der Waals surface area contributed by atoms with Crippen molar-refractivity contribution in [2.45, 2.75) is 39.8 Å². The van der Waals surface area contributed by atoms with Crippen molar-refractivity contribution in [1.29, 1.82) is 0 Å². The molecule has 0 radical (unpaired) electrons. The number of rotatable bonds is 4. The largest absolute Gasteiger partial charge is 0.330 e. The van der Waals surface area contributed by atoms with Crippen LogP contribution in [0.25, 0.3) is 11.2 Å². The van der Waals surface area contributed by atoms with Crippen molar-refractivity contribution in [1.82, 2.24) is 19.1 Å². The maximum atomic E-state index is 12.0. The highest BCUT2D eigenvalue weighted by Gasteiger charge is 2.19. The lowest BCUT2D eigenvalue weighted by Gasteiger charge is -2.12. The first-order chi connectivity index (χ1) is 9.04. The Balaban J connectivity index is 2.95. The summed E-state index contributed by atoms with van der Waals surface area (Å²) in [6.45, 7) is 6.27. The van der Waals surface area contributed by atoms with Crippen LogP contribution < -0.4 is 22.5 Å². The highest BCUT2D eigenvalue weighted by atomic mass is 16.2. The fourth-order valence-electron chi connectivity index (χ4n) is 2.15. The minimum atomic E-state index is -0.449. The van der Waals surface area contributed by atoms with Crippen LogP contribution >= 0.6 is 0 Å². The Hall–Kier alpha value is -2.09. The number of nitrogens with one attached hydrogen (secondary N) is 2. The molecule has 0 saturated heterocycles. The van der Waals surface area contributed by atoms with E-state index in [4.69, 9.17) is 5.84 Å². The Morgan fingerprint density at radius 2 is 2.11 bits per heavy atom. The van der Waals surface area contributed by atoms with Crippen molar-refractivity contribution >= 4 is 17.1 Å². The number of nitrogens with two attached hydrogens (primary N) is 1. The van der Waals surface area contributed by atoms with Gasteiger partial charge in [0.05, 0.1) is 0 Å². The zero-order valence-electron chi connectivity index (χ0n) is 11.2. The van der Waals surface area contributed by atoms with E-state index >= 15 is 0 Å². The summed E-state index contributed by atoms with van der Waals surface area (Å²) in [7, 11) is 0. The number of hydrazine groups is 1. The van der Waals surface area contributed by atoms with E-state index in [0.29, 0.717) is 23.7 Å². The second-order valence-electron chi connectivity index (χ2n) is 4.38. The van der Waals surface area contributed by atoms with Crippen LogP contribution in [-0.2, 0) is 6.54 Å². The monoisotopic (exact) mass is 266 g/mol. The van der Waals surface area contributed by atoms with Gasteiger partial charge in [-0.15, -0.1) is 0 Å². The molecule has 0 aromatic carbocycles. The van der Waals surface area contributed by atoms with E-state index in [9.17, 15) is 9.59 Å². The Labute approximate surface area is 109 Å². The second kappa shape index (κ2) is 4.88. The topological polar surface area (TPSA) is 111 Å². The van der Waals surface area contributed by atoms with Gasteiger partial charge in [-0.3, -0.25) is 19.8 Å². The fraction of sp³-hybridized carbons (Fsp3) is 0.545. The third kappa shape index (κ3) is 1.93. The number of fused-ring (bicyclic) bond motifs is 1. The molecule has 0 fully saturated rings. The molecule has 0 bridgehead atoms. The quantitative estimate of drug-likeness (QED) is 0.539. The minimum absolute atomic E-state index is 0.0577. The zero-order chi connectivity index (χ0) is 14.2. The summed E-state index contributed by atoms with van der Waals surface area (Å²) in [6, 6.07) is -0.0577. The van der Waals surface area contributed by atoms with Gasteiger partial charge in [0, 0.05) is 12.6 Å². The van der Waals surface area contributed by atoms with E-state index in [1.165, 1.54) is 4.57 Å². The van der Waals surface area contributed by atoms with E-state index in [1.54, 1.807) is 4.57 Å². The van der Waals surface area contributed by atoms with Crippen LogP contribution in [-0.4, -0.2) is 19.1 Å². The number of aromatic amines is 1. The van der Waals surface area contributed by atoms with Crippen molar-refractivity contribution < 1.29 is 0 Å². The van der Waals surface area contributed by atoms with E-state index < -0.39 is 11.2 Å². The van der Waals surface area contributed by atoms with E-state index in [1.807, 2.05) is 20.8 Å². The maximum absolute atomic E-state index is 12.0. The van der Waals surface area contributed by atoms with Crippen LogP contribution in [0, 0.1) is 0 Å². The van der Waals surface area contributed by atoms with E-state index in [-0.39, 0.29) is 6.04 Å². The summed E-state index contributed by atoms with van der Waals surface area (Å²) in [5.41, 5.74) is 2.27. The normalized spacial score (nSPS) is 12.8. The molecule has 0 aliphatic heterocycles. The molecule has 2 aromatic rings. The molecule has 19 heavy (non-hydrogen) atoms. The number of hydrogen-bond acceptors (Lipinski definition) is 5. The second-order valence-corrected chi connectivity index (χ2v) is 4.38. The summed E-state index contributed by atoms with van der Waals surface area (Å²) < 4.78 is 3.14. The molecule has 4 N–H and O–H groups in total. The number of nitrogen functional groups attached to an aromatic ring is 1. The van der Waals surface area contributed by atoms with Gasteiger partial charge in [0.15, 0.2) is 11.2 Å². The van der Waals surface area contributed by atoms with Gasteiger partial charge in [-0.1, -0.05) is 6.92 Å². The van der Waals surface area contributed by atoms with Gasteiger partial charge in [-0.2, -0.15) is 4.98 Å². The van der Waals surface area contributed by atoms with Crippen molar-refractivity contribution in [3.8, 4) is 0 Å². The molecular weight excluding hydrogens is 248 g/mol. The molecule has 0 aliphatic rings. The third-order valence-corrected chi connectivity index (χ3v) is 3.31. The molecule has 1 atom stereocenters. The first kappa shape index (κ1) is 13.3. The van der Waals surface area contributed by atoms with Crippen LogP contribution in [0.15, 0.2) is 9.59 Å². The van der Waals surface area contributed by atoms with Gasteiger partial charge in [-0.05, 0) is 20.3 Å². The molecule has 1 unspecified atom stereocenters. The molecule has 0 amide bonds. The van der Waals surface area contributed by atoms with Gasteiger partial charge >= 0.3 is 5.69 Å². The Morgan fingerprint density at radius 1 is 1.42 bits per heavy atom. The predicted octanol–water partition coefficient (Wildman–Crippen LogP) is 0.163. The van der Waals surface area contributed by atoms with Crippen LogP contribution in [0.3, 0.4) is 0 Å². The molecule has 2 heterocycles. The third-order valence-electron chi connectivity index (χ3n) is 3.31. The number of aromatic nitrogens is 4. The minimum Gasteiger partial charge on any atom is -0.304 e. The summed E-state index contributed by atoms with van der Waals surface area (Å²) >= 11 is 0. The molecule has 0 saturated carbocycles. The highest BCUT2D eigenvalue weighted by Crippen LogP contribution is 2.18. The number of nitrogens with zero attached hydrogens (tertiary/aromatic N) is 3. The standard InChI is InChI=1S/C11H18N6O2/c1-4-6(3)17-8-7(9(18)14-11(17)19)16(5-2)10(13-8)15-12/h6H,4-5,12H2,1-3H3,(H,13,15)(H,14,18,19). The van der Waals surface area contributed by atoms with Gasteiger partial charge in [0.2, 0.25) is 5.95 Å². The van der Waals surface area contributed by atoms with Crippen molar-refractivity contribution in [3.63, 3.8) is 0 Å². The Kier molecular flexibility index (Phi) is 3.43. The molecule has 8 heteroatoms. The highest BCUT2D eigenvalue weighted by molar-refractivity contribution is 5.74. The van der Waals surface area contributed by atoms with Crippen molar-refractivity contribution in [2.24, 2.45) is 5.84 Å². The average molecular weight is 266 g/mol. The average Bonchev–Trinajstić information content (AvgIpc) is 2.76. The molecule has 8 nitrogen and oxygen atoms in total. The van der Waals surface area contributed by atoms with Gasteiger partial charge in [0.1, 0.15) is 0 Å². The number of imidazole rings is 1. The first-order valence-corrected chi connectivity index (χ1v) is 6.26. The number of H-pyrrole nitrogens is 1. The predicted molar refractivity (Wildman–Crippen MR) is 73.1 cm³/mol. The van der Waals surface area contributed by atoms with Crippen molar-refractivity contribution in [2.75, 3.05) is 5.43 Å². The van der Waals surface area contributed by atoms with Crippen LogP contribution in [0.4, 0.5) is 5.95 Å². The molecule has 0 spiro atoms. The lowest BCUT2D eigenvalue weighted by molar-refractivity contribution is 0.517. The van der Waals surface area contributed by atoms with Gasteiger partial charge in [0.25, 0.3) is 5.56 Å². The van der Waals surface area contributed by atoms with E-state index in [0.717, 1.165) is 6.42 Å². The lowest BCUT2D eigenvalue weighted by Crippen LogP contribution is -2.32. The maximum Gasteiger partial charge on any atom is 0.330 e. The molecule has 104 valence electrons. The Bertz CT molecular complexity index is 710. The number of aryl methyl sites for hydroxylation is 1. The summed E-state index contributed by atoms with van der Waals surface area (Å²) in [6.07, 6.45) is 0.755. The smallest absolute Gasteiger partial charge is 0.304 e. The first-order valence-electron chi connectivity index (χ1n) is 6.26. The van der Waals surface area contributed by atoms with Crippen LogP contribution in [0.5, 0.6) is 0 Å². The zero-order valence-corrected chi connectivity index (χ0v) is 11.2. The van der Waals surface area contributed by atoms with Gasteiger partial charge < -0.3 is 4.57 Å². The van der Waals surface area contributed by atoms with Crippen LogP contribution in [0.1, 0.15) is 33.2 Å². The van der Waals surface area contributed by atoms with Crippen LogP contribution in [0.2, 0.25) is 0 Å².